The lowest BCUT2D eigenvalue weighted by Gasteiger charge is -2.34. The Morgan fingerprint density at radius 3 is 2.73 bits per heavy atom. The fourth-order valence-corrected chi connectivity index (χ4v) is 2.86. The Morgan fingerprint density at radius 1 is 1.23 bits per heavy atom. The van der Waals surface area contributed by atoms with Crippen molar-refractivity contribution >= 4 is 7.32 Å². The number of rotatable bonds is 4. The van der Waals surface area contributed by atoms with Gasteiger partial charge >= 0.3 is 7.32 Å². The van der Waals surface area contributed by atoms with Crippen molar-refractivity contribution in [3.8, 4) is 5.75 Å². The van der Waals surface area contributed by atoms with E-state index in [1.54, 1.807) is 0 Å². The maximum Gasteiger partial charge on any atom is 0.639 e. The van der Waals surface area contributed by atoms with Crippen LogP contribution in [0.5, 0.6) is 5.75 Å². The molecule has 0 amide bonds. The molecule has 1 aromatic rings. The molecular weight excluding hydrogens is 281 g/mol. The molecule has 0 spiro atoms. The molecule has 5 nitrogen and oxygen atoms in total. The molecule has 6 heteroatoms. The molecule has 120 valence electrons. The van der Waals surface area contributed by atoms with Crippen LogP contribution in [-0.2, 0) is 20.4 Å². The second-order valence-electron chi connectivity index (χ2n) is 5.91. The van der Waals surface area contributed by atoms with Gasteiger partial charge in [0.15, 0.2) is 0 Å². The zero-order chi connectivity index (χ0) is 15.4. The number of benzene rings is 1. The highest BCUT2D eigenvalue weighted by Crippen LogP contribution is 2.19. The summed E-state index contributed by atoms with van der Waals surface area (Å²) in [6.45, 7) is 8.75. The number of hydrogen-bond donors (Lipinski definition) is 0. The highest BCUT2D eigenvalue weighted by Gasteiger charge is 2.32. The van der Waals surface area contributed by atoms with E-state index in [9.17, 15) is 0 Å². The molecule has 0 N–H and O–H groups in total. The molecule has 1 unspecified atom stereocenters. The summed E-state index contributed by atoms with van der Waals surface area (Å²) in [5.41, 5.74) is 2.51. The van der Waals surface area contributed by atoms with Gasteiger partial charge in [-0.3, -0.25) is 4.90 Å². The SMILES string of the molecule is CCc1cc(C)cc(OCC2CN3CCOB(OCC3)O2)c1. The van der Waals surface area contributed by atoms with Crippen molar-refractivity contribution in [1.29, 1.82) is 0 Å². The van der Waals surface area contributed by atoms with Crippen LogP contribution in [0.2, 0.25) is 0 Å². The Kier molecular flexibility index (Phi) is 5.36. The highest BCUT2D eigenvalue weighted by atomic mass is 16.7. The van der Waals surface area contributed by atoms with E-state index in [4.69, 9.17) is 18.7 Å². The van der Waals surface area contributed by atoms with Gasteiger partial charge in [0.25, 0.3) is 0 Å². The molecule has 2 bridgehead atoms. The molecule has 0 saturated carbocycles. The minimum atomic E-state index is -0.556. The standard InChI is InChI=1S/C16H24BNO4/c1-3-14-8-13(2)9-15(10-14)19-12-16-11-18-4-6-20-17(22-16)21-7-5-18/h8-10,16H,3-7,11-12H2,1-2H3. The van der Waals surface area contributed by atoms with E-state index in [1.165, 1.54) is 11.1 Å². The van der Waals surface area contributed by atoms with E-state index in [2.05, 4.69) is 36.9 Å². The number of hydrogen-bond acceptors (Lipinski definition) is 5. The summed E-state index contributed by atoms with van der Waals surface area (Å²) in [6, 6.07) is 6.36. The molecule has 3 aliphatic heterocycles. The van der Waals surface area contributed by atoms with Gasteiger partial charge in [-0.05, 0) is 36.6 Å². The molecule has 1 atom stereocenters. The summed E-state index contributed by atoms with van der Waals surface area (Å²) in [4.78, 5) is 2.30. The number of aryl methyl sites for hydroxylation is 2. The van der Waals surface area contributed by atoms with Crippen molar-refractivity contribution < 1.29 is 18.7 Å². The lowest BCUT2D eigenvalue weighted by Crippen LogP contribution is -2.51. The zero-order valence-corrected chi connectivity index (χ0v) is 13.4. The van der Waals surface area contributed by atoms with Gasteiger partial charge in [0.05, 0.1) is 6.10 Å². The molecule has 3 saturated heterocycles. The lowest BCUT2D eigenvalue weighted by molar-refractivity contribution is -0.0321. The van der Waals surface area contributed by atoms with Gasteiger partial charge in [-0.15, -0.1) is 0 Å². The van der Waals surface area contributed by atoms with Gasteiger partial charge < -0.3 is 18.7 Å². The van der Waals surface area contributed by atoms with Crippen LogP contribution in [0, 0.1) is 6.92 Å². The van der Waals surface area contributed by atoms with Gasteiger partial charge in [-0.2, -0.15) is 0 Å². The Labute approximate surface area is 132 Å². The second-order valence-corrected chi connectivity index (χ2v) is 5.91. The third-order valence-electron chi connectivity index (χ3n) is 4.04. The minimum Gasteiger partial charge on any atom is -0.491 e. The summed E-state index contributed by atoms with van der Waals surface area (Å²) in [7, 11) is -0.556. The van der Waals surface area contributed by atoms with Crippen LogP contribution in [0.1, 0.15) is 18.1 Å². The average molecular weight is 305 g/mol. The van der Waals surface area contributed by atoms with Crippen molar-refractivity contribution in [3.63, 3.8) is 0 Å². The van der Waals surface area contributed by atoms with Crippen LogP contribution in [0.15, 0.2) is 18.2 Å². The number of nitrogens with zero attached hydrogens (tertiary/aromatic N) is 1. The second kappa shape index (κ2) is 7.46. The third kappa shape index (κ3) is 4.23. The van der Waals surface area contributed by atoms with Crippen LogP contribution in [0.4, 0.5) is 0 Å². The molecule has 3 heterocycles. The summed E-state index contributed by atoms with van der Waals surface area (Å²) in [6.07, 6.45) is 0.964. The van der Waals surface area contributed by atoms with Crippen molar-refractivity contribution in [1.82, 2.24) is 4.90 Å². The first-order valence-electron chi connectivity index (χ1n) is 8.07. The summed E-state index contributed by atoms with van der Waals surface area (Å²) >= 11 is 0. The topological polar surface area (TPSA) is 40.2 Å². The van der Waals surface area contributed by atoms with E-state index >= 15 is 0 Å². The Balaban J connectivity index is 1.61. The molecular formula is C16H24BNO4. The quantitative estimate of drug-likeness (QED) is 0.791. The maximum absolute atomic E-state index is 5.97. The predicted molar refractivity (Wildman–Crippen MR) is 85.0 cm³/mol. The number of ether oxygens (including phenoxy) is 1. The van der Waals surface area contributed by atoms with Crippen LogP contribution >= 0.6 is 0 Å². The molecule has 22 heavy (non-hydrogen) atoms. The van der Waals surface area contributed by atoms with Gasteiger partial charge in [0.2, 0.25) is 0 Å². The molecule has 1 aromatic carbocycles. The van der Waals surface area contributed by atoms with Crippen LogP contribution in [0.3, 0.4) is 0 Å². The fraction of sp³-hybridized carbons (Fsp3) is 0.625. The number of fused-ring (bicyclic) bond motifs is 6. The maximum atomic E-state index is 5.97. The molecule has 0 aromatic heterocycles. The van der Waals surface area contributed by atoms with E-state index in [0.717, 1.165) is 31.8 Å². The average Bonchev–Trinajstić information content (AvgIpc) is 2.43. The third-order valence-corrected chi connectivity index (χ3v) is 4.04. The molecule has 4 rings (SSSR count). The normalized spacial score (nSPS) is 25.5. The molecule has 0 radical (unpaired) electrons. The van der Waals surface area contributed by atoms with Crippen molar-refractivity contribution in [2.45, 2.75) is 26.4 Å². The van der Waals surface area contributed by atoms with Crippen molar-refractivity contribution in [2.24, 2.45) is 0 Å². The summed E-state index contributed by atoms with van der Waals surface area (Å²) in [5, 5.41) is 0. The lowest BCUT2D eigenvalue weighted by atomic mass is 10.1. The van der Waals surface area contributed by atoms with Crippen LogP contribution in [-0.4, -0.2) is 57.8 Å². The predicted octanol–water partition coefficient (Wildman–Crippen LogP) is 1.67. The Bertz CT molecular complexity index is 475. The Morgan fingerprint density at radius 2 is 2.00 bits per heavy atom. The van der Waals surface area contributed by atoms with E-state index < -0.39 is 7.32 Å². The van der Waals surface area contributed by atoms with E-state index in [1.807, 2.05) is 0 Å². The smallest absolute Gasteiger partial charge is 0.491 e. The first kappa shape index (κ1) is 15.8. The molecule has 0 aliphatic carbocycles. The highest BCUT2D eigenvalue weighted by molar-refractivity contribution is 6.36. The molecule has 3 fully saturated rings. The first-order chi connectivity index (χ1) is 10.7. The van der Waals surface area contributed by atoms with Gasteiger partial charge in [-0.25, -0.2) is 0 Å². The van der Waals surface area contributed by atoms with Gasteiger partial charge in [0.1, 0.15) is 12.4 Å². The van der Waals surface area contributed by atoms with E-state index in [-0.39, 0.29) is 6.10 Å². The minimum absolute atomic E-state index is 0.0452. The first-order valence-corrected chi connectivity index (χ1v) is 8.07. The zero-order valence-electron chi connectivity index (χ0n) is 13.4. The Hall–Kier alpha value is -1.08. The summed E-state index contributed by atoms with van der Waals surface area (Å²) in [5.74, 6) is 0.907. The summed E-state index contributed by atoms with van der Waals surface area (Å²) < 4.78 is 22.9. The van der Waals surface area contributed by atoms with Crippen LogP contribution < -0.4 is 4.74 Å². The van der Waals surface area contributed by atoms with Gasteiger partial charge in [0, 0.05) is 32.8 Å². The van der Waals surface area contributed by atoms with E-state index in [0.29, 0.717) is 19.8 Å². The van der Waals surface area contributed by atoms with Crippen molar-refractivity contribution in [3.05, 3.63) is 29.3 Å². The van der Waals surface area contributed by atoms with Gasteiger partial charge in [-0.1, -0.05) is 13.0 Å². The largest absolute Gasteiger partial charge is 0.639 e. The molecule has 3 aliphatic rings. The monoisotopic (exact) mass is 305 g/mol. The van der Waals surface area contributed by atoms with Crippen molar-refractivity contribution in [2.75, 3.05) is 39.5 Å². The fourth-order valence-electron chi connectivity index (χ4n) is 2.86. The van der Waals surface area contributed by atoms with Crippen LogP contribution in [0.25, 0.3) is 0 Å².